The van der Waals surface area contributed by atoms with Gasteiger partial charge in [0.2, 0.25) is 5.95 Å². The molecule has 0 spiro atoms. The van der Waals surface area contributed by atoms with Crippen LogP contribution in [-0.4, -0.2) is 47.3 Å². The van der Waals surface area contributed by atoms with Crippen molar-refractivity contribution in [2.24, 2.45) is 0 Å². The van der Waals surface area contributed by atoms with Crippen molar-refractivity contribution in [3.05, 3.63) is 23.8 Å². The first-order valence-corrected chi connectivity index (χ1v) is 7.17. The lowest BCUT2D eigenvalue weighted by atomic mass is 10.2. The van der Waals surface area contributed by atoms with Gasteiger partial charge in [0.1, 0.15) is 11.6 Å². The van der Waals surface area contributed by atoms with Gasteiger partial charge >= 0.3 is 0 Å². The highest BCUT2D eigenvalue weighted by Crippen LogP contribution is 2.25. The van der Waals surface area contributed by atoms with Crippen LogP contribution in [0.25, 0.3) is 11.0 Å². The number of nitrogens with zero attached hydrogens (tertiary/aromatic N) is 4. The molecule has 0 radical (unpaired) electrons. The van der Waals surface area contributed by atoms with E-state index in [2.05, 4.69) is 22.9 Å². The normalized spacial score (nSPS) is 17.7. The standard InChI is InChI=1S/C15H19N5O/c1-11(10-19-5-7-21-8-6-19)20-13-4-2-3-12(9-16)14(13)18-15(20)17/h2-4,11H,5-8,10H2,1H3,(H2,17,18). The Bertz CT molecular complexity index is 681. The molecule has 6 heteroatoms. The number of nitrogens with two attached hydrogens (primary N) is 1. The highest BCUT2D eigenvalue weighted by atomic mass is 16.5. The summed E-state index contributed by atoms with van der Waals surface area (Å²) < 4.78 is 7.39. The van der Waals surface area contributed by atoms with Crippen LogP contribution in [0.4, 0.5) is 5.95 Å². The molecule has 1 aromatic heterocycles. The lowest BCUT2D eigenvalue weighted by Gasteiger charge is -2.30. The lowest BCUT2D eigenvalue weighted by molar-refractivity contribution is 0.0329. The average Bonchev–Trinajstić information content (AvgIpc) is 2.84. The molecule has 0 saturated carbocycles. The maximum atomic E-state index is 9.17. The maximum Gasteiger partial charge on any atom is 0.201 e. The van der Waals surface area contributed by atoms with E-state index in [-0.39, 0.29) is 6.04 Å². The molecule has 3 rings (SSSR count). The van der Waals surface area contributed by atoms with E-state index in [9.17, 15) is 5.26 Å². The van der Waals surface area contributed by atoms with E-state index >= 15 is 0 Å². The Morgan fingerprint density at radius 1 is 1.43 bits per heavy atom. The molecule has 2 N–H and O–H groups in total. The molecule has 1 aliphatic heterocycles. The first-order valence-electron chi connectivity index (χ1n) is 7.17. The molecule has 1 unspecified atom stereocenters. The number of nitrogen functional groups attached to an aromatic ring is 1. The summed E-state index contributed by atoms with van der Waals surface area (Å²) in [6, 6.07) is 7.98. The smallest absolute Gasteiger partial charge is 0.201 e. The van der Waals surface area contributed by atoms with E-state index in [0.717, 1.165) is 38.4 Å². The summed E-state index contributed by atoms with van der Waals surface area (Å²) in [6.07, 6.45) is 0. The molecular formula is C15H19N5O. The molecule has 21 heavy (non-hydrogen) atoms. The average molecular weight is 285 g/mol. The van der Waals surface area contributed by atoms with Gasteiger partial charge in [0.25, 0.3) is 0 Å². The predicted molar refractivity (Wildman–Crippen MR) is 80.8 cm³/mol. The van der Waals surface area contributed by atoms with E-state index in [4.69, 9.17) is 10.5 Å². The van der Waals surface area contributed by atoms with E-state index < -0.39 is 0 Å². The number of para-hydroxylation sites is 1. The topological polar surface area (TPSA) is 80.1 Å². The molecule has 1 atom stereocenters. The number of hydrogen-bond donors (Lipinski definition) is 1. The number of nitriles is 1. The monoisotopic (exact) mass is 285 g/mol. The fourth-order valence-corrected chi connectivity index (χ4v) is 2.93. The van der Waals surface area contributed by atoms with Gasteiger partial charge in [-0.2, -0.15) is 5.26 Å². The van der Waals surface area contributed by atoms with E-state index in [1.165, 1.54) is 0 Å². The summed E-state index contributed by atoms with van der Waals surface area (Å²) in [4.78, 5) is 6.74. The summed E-state index contributed by atoms with van der Waals surface area (Å²) in [5.41, 5.74) is 8.26. The Morgan fingerprint density at radius 2 is 2.19 bits per heavy atom. The van der Waals surface area contributed by atoms with Crippen LogP contribution >= 0.6 is 0 Å². The van der Waals surface area contributed by atoms with E-state index in [1.54, 1.807) is 6.07 Å². The van der Waals surface area contributed by atoms with Gasteiger partial charge in [-0.25, -0.2) is 4.98 Å². The van der Waals surface area contributed by atoms with Gasteiger partial charge in [0.15, 0.2) is 0 Å². The van der Waals surface area contributed by atoms with Crippen LogP contribution in [0.3, 0.4) is 0 Å². The largest absolute Gasteiger partial charge is 0.379 e. The molecule has 0 amide bonds. The van der Waals surface area contributed by atoms with Gasteiger partial charge in [-0.05, 0) is 19.1 Å². The first kappa shape index (κ1) is 13.9. The Morgan fingerprint density at radius 3 is 2.90 bits per heavy atom. The molecule has 1 fully saturated rings. The summed E-state index contributed by atoms with van der Waals surface area (Å²) in [6.45, 7) is 6.49. The molecule has 0 aliphatic carbocycles. The number of hydrogen-bond acceptors (Lipinski definition) is 5. The van der Waals surface area contributed by atoms with Crippen molar-refractivity contribution < 1.29 is 4.74 Å². The fraction of sp³-hybridized carbons (Fsp3) is 0.467. The minimum absolute atomic E-state index is 0.196. The predicted octanol–water partition coefficient (Wildman–Crippen LogP) is 1.38. The third kappa shape index (κ3) is 2.58. The van der Waals surface area contributed by atoms with E-state index in [0.29, 0.717) is 17.0 Å². The third-order valence-corrected chi connectivity index (χ3v) is 3.93. The second-order valence-electron chi connectivity index (χ2n) is 5.39. The highest BCUT2D eigenvalue weighted by molar-refractivity contribution is 5.84. The highest BCUT2D eigenvalue weighted by Gasteiger charge is 2.19. The molecule has 110 valence electrons. The zero-order valence-electron chi connectivity index (χ0n) is 12.1. The number of benzene rings is 1. The SMILES string of the molecule is CC(CN1CCOCC1)n1c(N)nc2c(C#N)cccc21. The van der Waals surface area contributed by atoms with Gasteiger partial charge in [0, 0.05) is 25.7 Å². The quantitative estimate of drug-likeness (QED) is 0.921. The van der Waals surface area contributed by atoms with Crippen LogP contribution in [0.2, 0.25) is 0 Å². The van der Waals surface area contributed by atoms with Gasteiger partial charge in [-0.3, -0.25) is 4.90 Å². The summed E-state index contributed by atoms with van der Waals surface area (Å²) in [5, 5.41) is 9.17. The fourth-order valence-electron chi connectivity index (χ4n) is 2.93. The van der Waals surface area contributed by atoms with Crippen LogP contribution in [0.1, 0.15) is 18.5 Å². The van der Waals surface area contributed by atoms with Crippen LogP contribution in [0.15, 0.2) is 18.2 Å². The molecule has 2 aromatic rings. The van der Waals surface area contributed by atoms with Crippen molar-refractivity contribution in [2.45, 2.75) is 13.0 Å². The molecule has 1 aliphatic rings. The Kier molecular flexibility index (Phi) is 3.78. The Hall–Kier alpha value is -2.10. The van der Waals surface area contributed by atoms with Crippen LogP contribution in [-0.2, 0) is 4.74 Å². The summed E-state index contributed by atoms with van der Waals surface area (Å²) in [5.74, 6) is 0.466. The maximum absolute atomic E-state index is 9.17. The van der Waals surface area contributed by atoms with Crippen molar-refractivity contribution >= 4 is 17.0 Å². The molecule has 2 heterocycles. The van der Waals surface area contributed by atoms with E-state index in [1.807, 2.05) is 16.7 Å². The van der Waals surface area contributed by atoms with Gasteiger partial charge < -0.3 is 15.0 Å². The third-order valence-electron chi connectivity index (χ3n) is 3.93. The van der Waals surface area contributed by atoms with Crippen LogP contribution < -0.4 is 5.73 Å². The van der Waals surface area contributed by atoms with Crippen LogP contribution in [0.5, 0.6) is 0 Å². The van der Waals surface area contributed by atoms with Gasteiger partial charge in [0.05, 0.1) is 24.3 Å². The summed E-state index contributed by atoms with van der Waals surface area (Å²) >= 11 is 0. The molecule has 1 aromatic carbocycles. The zero-order chi connectivity index (χ0) is 14.8. The van der Waals surface area contributed by atoms with Crippen molar-refractivity contribution in [1.29, 1.82) is 5.26 Å². The number of rotatable bonds is 3. The van der Waals surface area contributed by atoms with Crippen LogP contribution in [0, 0.1) is 11.3 Å². The molecular weight excluding hydrogens is 266 g/mol. The van der Waals surface area contributed by atoms with Crippen molar-refractivity contribution in [3.8, 4) is 6.07 Å². The second-order valence-corrected chi connectivity index (χ2v) is 5.39. The second kappa shape index (κ2) is 5.72. The zero-order valence-corrected chi connectivity index (χ0v) is 12.1. The number of fused-ring (bicyclic) bond motifs is 1. The summed E-state index contributed by atoms with van der Waals surface area (Å²) in [7, 11) is 0. The van der Waals surface area contributed by atoms with Gasteiger partial charge in [-0.1, -0.05) is 6.07 Å². The number of anilines is 1. The number of ether oxygens (including phenoxy) is 1. The number of aromatic nitrogens is 2. The van der Waals surface area contributed by atoms with Crippen molar-refractivity contribution in [1.82, 2.24) is 14.5 Å². The first-order chi connectivity index (χ1) is 10.2. The molecule has 6 nitrogen and oxygen atoms in total. The Balaban J connectivity index is 1.92. The molecule has 0 bridgehead atoms. The van der Waals surface area contributed by atoms with Gasteiger partial charge in [-0.15, -0.1) is 0 Å². The number of imidazole rings is 1. The lowest BCUT2D eigenvalue weighted by Crippen LogP contribution is -2.39. The minimum Gasteiger partial charge on any atom is -0.379 e. The minimum atomic E-state index is 0.196. The molecule has 1 saturated heterocycles. The number of morpholine rings is 1. The van der Waals surface area contributed by atoms with Crippen molar-refractivity contribution in [2.75, 3.05) is 38.6 Å². The van der Waals surface area contributed by atoms with Crippen molar-refractivity contribution in [3.63, 3.8) is 0 Å². The Labute approximate surface area is 123 Å².